The Morgan fingerprint density at radius 3 is 2.38 bits per heavy atom. The first-order valence-corrected chi connectivity index (χ1v) is 7.41. The van der Waals surface area contributed by atoms with Gasteiger partial charge in [0.15, 0.2) is 0 Å². The number of aliphatic hydroxyl groups is 2. The zero-order valence-corrected chi connectivity index (χ0v) is 13.0. The molecule has 0 aliphatic heterocycles. The van der Waals surface area contributed by atoms with E-state index in [4.69, 9.17) is 0 Å². The van der Waals surface area contributed by atoms with Crippen molar-refractivity contribution in [2.45, 2.75) is 52.4 Å². The van der Waals surface area contributed by atoms with Crippen LogP contribution in [0.2, 0.25) is 0 Å². The zero-order chi connectivity index (χ0) is 15.4. The van der Waals surface area contributed by atoms with E-state index < -0.39 is 6.10 Å². The number of hydrogen-bond donors (Lipinski definition) is 2. The molecular weight excluding hydrogens is 264 g/mol. The molecule has 4 nitrogen and oxygen atoms in total. The number of hydrogen-bond acceptors (Lipinski definition) is 3. The molecule has 0 saturated carbocycles. The van der Waals surface area contributed by atoms with Gasteiger partial charge in [-0.25, -0.2) is 0 Å². The lowest BCUT2D eigenvalue weighted by Gasteiger charge is -2.12. The van der Waals surface area contributed by atoms with Crippen molar-refractivity contribution >= 4 is 0 Å². The normalized spacial score (nSPS) is 12.9. The second-order valence-corrected chi connectivity index (χ2v) is 5.86. The molecule has 0 aliphatic rings. The van der Waals surface area contributed by atoms with E-state index in [0.717, 1.165) is 16.8 Å². The van der Waals surface area contributed by atoms with E-state index in [1.54, 1.807) is 19.3 Å². The second-order valence-electron chi connectivity index (χ2n) is 5.86. The van der Waals surface area contributed by atoms with Crippen molar-refractivity contribution in [2.24, 2.45) is 0 Å². The Labute approximate surface area is 126 Å². The topological polar surface area (TPSA) is 58.3 Å². The van der Waals surface area contributed by atoms with Gasteiger partial charge in [0, 0.05) is 37.3 Å². The van der Waals surface area contributed by atoms with Crippen LogP contribution in [0.4, 0.5) is 0 Å². The standard InChI is InChI=1S/C17H24N2O2/c1-12(2)16-10-19(9-14-4-6-18-7-5-14)17(11-20)15(16)8-13(3)21/h4-7,10,12-13,20-21H,8-9,11H2,1-3H3. The summed E-state index contributed by atoms with van der Waals surface area (Å²) in [7, 11) is 0. The molecule has 4 heteroatoms. The monoisotopic (exact) mass is 288 g/mol. The summed E-state index contributed by atoms with van der Waals surface area (Å²) in [6.45, 7) is 6.75. The van der Waals surface area contributed by atoms with E-state index in [1.165, 1.54) is 5.56 Å². The van der Waals surface area contributed by atoms with Crippen LogP contribution in [0.15, 0.2) is 30.7 Å². The Kier molecular flexibility index (Phi) is 5.15. The first kappa shape index (κ1) is 15.7. The van der Waals surface area contributed by atoms with Crippen LogP contribution >= 0.6 is 0 Å². The van der Waals surface area contributed by atoms with Crippen molar-refractivity contribution in [3.05, 3.63) is 53.1 Å². The average Bonchev–Trinajstić information content (AvgIpc) is 2.77. The molecule has 0 spiro atoms. The molecule has 0 aliphatic carbocycles. The van der Waals surface area contributed by atoms with Gasteiger partial charge in [-0.1, -0.05) is 13.8 Å². The van der Waals surface area contributed by atoms with Gasteiger partial charge in [0.1, 0.15) is 0 Å². The van der Waals surface area contributed by atoms with Gasteiger partial charge < -0.3 is 14.8 Å². The summed E-state index contributed by atoms with van der Waals surface area (Å²) in [5.74, 6) is 0.364. The molecule has 0 radical (unpaired) electrons. The molecule has 0 saturated heterocycles. The summed E-state index contributed by atoms with van der Waals surface area (Å²) in [5, 5.41) is 19.5. The highest BCUT2D eigenvalue weighted by atomic mass is 16.3. The maximum absolute atomic E-state index is 9.77. The van der Waals surface area contributed by atoms with Gasteiger partial charge in [-0.2, -0.15) is 0 Å². The lowest BCUT2D eigenvalue weighted by atomic mass is 9.97. The minimum absolute atomic E-state index is 0.0140. The van der Waals surface area contributed by atoms with Gasteiger partial charge in [-0.05, 0) is 41.7 Å². The molecule has 0 aromatic carbocycles. The van der Waals surface area contributed by atoms with Gasteiger partial charge in [-0.15, -0.1) is 0 Å². The highest BCUT2D eigenvalue weighted by Gasteiger charge is 2.18. The molecule has 0 bridgehead atoms. The minimum Gasteiger partial charge on any atom is -0.393 e. The van der Waals surface area contributed by atoms with Crippen LogP contribution in [0.1, 0.15) is 49.1 Å². The van der Waals surface area contributed by atoms with Crippen molar-refractivity contribution < 1.29 is 10.2 Å². The van der Waals surface area contributed by atoms with Crippen molar-refractivity contribution in [1.29, 1.82) is 0 Å². The lowest BCUT2D eigenvalue weighted by molar-refractivity contribution is 0.193. The quantitative estimate of drug-likeness (QED) is 0.858. The Morgan fingerprint density at radius 2 is 1.86 bits per heavy atom. The number of nitrogens with zero attached hydrogens (tertiary/aromatic N) is 2. The highest BCUT2D eigenvalue weighted by Crippen LogP contribution is 2.27. The summed E-state index contributed by atoms with van der Waals surface area (Å²) >= 11 is 0. The summed E-state index contributed by atoms with van der Waals surface area (Å²) < 4.78 is 2.09. The van der Waals surface area contributed by atoms with E-state index in [0.29, 0.717) is 18.9 Å². The van der Waals surface area contributed by atoms with E-state index in [1.807, 2.05) is 12.1 Å². The Morgan fingerprint density at radius 1 is 1.19 bits per heavy atom. The Balaban J connectivity index is 2.41. The number of pyridine rings is 1. The smallest absolute Gasteiger partial charge is 0.0835 e. The second kappa shape index (κ2) is 6.87. The molecule has 1 unspecified atom stereocenters. The van der Waals surface area contributed by atoms with Crippen molar-refractivity contribution in [3.63, 3.8) is 0 Å². The molecule has 1 atom stereocenters. The first-order valence-electron chi connectivity index (χ1n) is 7.41. The van der Waals surface area contributed by atoms with Crippen LogP contribution < -0.4 is 0 Å². The Hall–Kier alpha value is -1.65. The molecule has 2 aromatic heterocycles. The third-order valence-electron chi connectivity index (χ3n) is 3.71. The fourth-order valence-corrected chi connectivity index (χ4v) is 2.70. The molecular formula is C17H24N2O2. The Bertz CT molecular complexity index is 574. The van der Waals surface area contributed by atoms with Gasteiger partial charge in [-0.3, -0.25) is 4.98 Å². The fourth-order valence-electron chi connectivity index (χ4n) is 2.70. The van der Waals surface area contributed by atoms with Crippen LogP contribution in [0.5, 0.6) is 0 Å². The fraction of sp³-hybridized carbons (Fsp3) is 0.471. The van der Waals surface area contributed by atoms with Crippen molar-refractivity contribution in [2.75, 3.05) is 0 Å². The summed E-state index contributed by atoms with van der Waals surface area (Å²) in [4.78, 5) is 4.03. The van der Waals surface area contributed by atoms with Crippen LogP contribution in [-0.2, 0) is 19.6 Å². The molecule has 0 amide bonds. The summed E-state index contributed by atoms with van der Waals surface area (Å²) in [5.41, 5.74) is 4.33. The largest absolute Gasteiger partial charge is 0.393 e. The SMILES string of the molecule is CC(O)Cc1c(C(C)C)cn(Cc2ccncc2)c1CO. The summed E-state index contributed by atoms with van der Waals surface area (Å²) in [6, 6.07) is 3.95. The van der Waals surface area contributed by atoms with Crippen molar-refractivity contribution in [1.82, 2.24) is 9.55 Å². The van der Waals surface area contributed by atoms with Crippen LogP contribution in [0.3, 0.4) is 0 Å². The maximum atomic E-state index is 9.77. The molecule has 2 N–H and O–H groups in total. The van der Waals surface area contributed by atoms with Gasteiger partial charge in [0.2, 0.25) is 0 Å². The van der Waals surface area contributed by atoms with Crippen LogP contribution in [0, 0.1) is 0 Å². The van der Waals surface area contributed by atoms with E-state index >= 15 is 0 Å². The van der Waals surface area contributed by atoms with Gasteiger partial charge in [0.25, 0.3) is 0 Å². The lowest BCUT2D eigenvalue weighted by Crippen LogP contribution is -2.10. The maximum Gasteiger partial charge on any atom is 0.0835 e. The van der Waals surface area contributed by atoms with Crippen LogP contribution in [0.25, 0.3) is 0 Å². The van der Waals surface area contributed by atoms with Gasteiger partial charge >= 0.3 is 0 Å². The van der Waals surface area contributed by atoms with Crippen LogP contribution in [-0.4, -0.2) is 25.9 Å². The molecule has 114 valence electrons. The predicted octanol–water partition coefficient (Wildman–Crippen LogP) is 2.47. The van der Waals surface area contributed by atoms with Gasteiger partial charge in [0.05, 0.1) is 12.7 Å². The number of aliphatic hydroxyl groups excluding tert-OH is 2. The van der Waals surface area contributed by atoms with E-state index in [-0.39, 0.29) is 6.61 Å². The molecule has 21 heavy (non-hydrogen) atoms. The van der Waals surface area contributed by atoms with E-state index in [9.17, 15) is 10.2 Å². The highest BCUT2D eigenvalue weighted by molar-refractivity contribution is 5.36. The average molecular weight is 288 g/mol. The third kappa shape index (κ3) is 3.71. The van der Waals surface area contributed by atoms with E-state index in [2.05, 4.69) is 29.6 Å². The number of rotatable bonds is 6. The summed E-state index contributed by atoms with van der Waals surface area (Å²) in [6.07, 6.45) is 5.82. The predicted molar refractivity (Wildman–Crippen MR) is 83.2 cm³/mol. The van der Waals surface area contributed by atoms with Crippen molar-refractivity contribution in [3.8, 4) is 0 Å². The third-order valence-corrected chi connectivity index (χ3v) is 3.71. The number of aromatic nitrogens is 2. The molecule has 0 fully saturated rings. The molecule has 2 aromatic rings. The first-order chi connectivity index (χ1) is 10.0. The minimum atomic E-state index is -0.412. The molecule has 2 rings (SSSR count). The molecule has 2 heterocycles. The zero-order valence-electron chi connectivity index (χ0n) is 13.0.